The highest BCUT2D eigenvalue weighted by Crippen LogP contribution is 2.35. The Bertz CT molecular complexity index is 650. The summed E-state index contributed by atoms with van der Waals surface area (Å²) in [6.07, 6.45) is 24.7. The molecular formula is C32H63O8P. The van der Waals surface area contributed by atoms with Crippen molar-refractivity contribution in [2.45, 2.75) is 168 Å². The second-order valence-electron chi connectivity index (χ2n) is 10.8. The first-order valence-corrected chi connectivity index (χ1v) is 17.9. The van der Waals surface area contributed by atoms with E-state index in [1.165, 1.54) is 83.5 Å². The van der Waals surface area contributed by atoms with Crippen molar-refractivity contribution in [3.63, 3.8) is 0 Å². The van der Waals surface area contributed by atoms with Gasteiger partial charge < -0.3 is 19.3 Å². The molecule has 0 aromatic heterocycles. The van der Waals surface area contributed by atoms with E-state index in [1.807, 2.05) is 6.08 Å². The molecule has 244 valence electrons. The number of phosphoric acid groups is 1. The second kappa shape index (κ2) is 31.7. The van der Waals surface area contributed by atoms with Crippen molar-refractivity contribution in [1.82, 2.24) is 0 Å². The molecule has 0 aliphatic carbocycles. The van der Waals surface area contributed by atoms with E-state index in [9.17, 15) is 14.2 Å². The molecule has 0 fully saturated rings. The fourth-order valence-electron chi connectivity index (χ4n) is 4.13. The van der Waals surface area contributed by atoms with Crippen LogP contribution in [-0.4, -0.2) is 41.0 Å². The van der Waals surface area contributed by atoms with Crippen LogP contribution in [0.5, 0.6) is 0 Å². The third-order valence-corrected chi connectivity index (χ3v) is 7.12. The van der Waals surface area contributed by atoms with E-state index in [1.54, 1.807) is 0 Å². The molecule has 0 radical (unpaired) electrons. The molecular weight excluding hydrogens is 543 g/mol. The highest BCUT2D eigenvalue weighted by atomic mass is 31.2. The topological polar surface area (TPSA) is 119 Å². The van der Waals surface area contributed by atoms with Crippen LogP contribution in [-0.2, 0) is 28.2 Å². The molecule has 0 unspecified atom stereocenters. The number of unbranched alkanes of at least 4 members (excludes halogenated alkanes) is 17. The molecule has 0 bridgehead atoms. The second-order valence-corrected chi connectivity index (χ2v) is 12.1. The van der Waals surface area contributed by atoms with Gasteiger partial charge in [0.2, 0.25) is 0 Å². The average Bonchev–Trinajstić information content (AvgIpc) is 2.93. The van der Waals surface area contributed by atoms with E-state index in [-0.39, 0.29) is 19.4 Å². The minimum atomic E-state index is -4.72. The number of carbonyl (C=O) groups is 2. The summed E-state index contributed by atoms with van der Waals surface area (Å²) in [5.41, 5.74) is 0. The van der Waals surface area contributed by atoms with Crippen molar-refractivity contribution in [2.75, 3.05) is 13.2 Å². The predicted molar refractivity (Wildman–Crippen MR) is 168 cm³/mol. The maximum absolute atomic E-state index is 12.0. The van der Waals surface area contributed by atoms with E-state index >= 15 is 0 Å². The molecule has 1 atom stereocenters. The quantitative estimate of drug-likeness (QED) is 0.0391. The number of esters is 2. The highest BCUT2D eigenvalue weighted by Gasteiger charge is 2.22. The van der Waals surface area contributed by atoms with Gasteiger partial charge in [-0.2, -0.15) is 0 Å². The Morgan fingerprint density at radius 1 is 0.659 bits per heavy atom. The van der Waals surface area contributed by atoms with Gasteiger partial charge >= 0.3 is 19.8 Å². The molecule has 0 heterocycles. The fourth-order valence-corrected chi connectivity index (χ4v) is 4.49. The standard InChI is InChI=1S/C26H51O8P.C6H12/c1-3-5-7-9-10-11-12-13-14-15-16-17-19-20-25(27)32-22-24(23-33-35(29,30)31)34-26(28)21-18-8-6-4-2;1-3-5-6-4-2/h24H,3-23H2,1-2H3,(H2,29,30,31);3H,1,4-6H2,2H3/t24-;/m0./s1. The van der Waals surface area contributed by atoms with Gasteiger partial charge in [-0.3, -0.25) is 14.1 Å². The Kier molecular flexibility index (Phi) is 32.4. The summed E-state index contributed by atoms with van der Waals surface area (Å²) in [7, 11) is -4.72. The average molecular weight is 607 g/mol. The smallest absolute Gasteiger partial charge is 0.462 e. The van der Waals surface area contributed by atoms with Gasteiger partial charge in [0.05, 0.1) is 6.61 Å². The largest absolute Gasteiger partial charge is 0.469 e. The lowest BCUT2D eigenvalue weighted by Gasteiger charge is -2.18. The van der Waals surface area contributed by atoms with E-state index in [4.69, 9.17) is 19.3 Å². The zero-order valence-electron chi connectivity index (χ0n) is 26.6. The van der Waals surface area contributed by atoms with E-state index < -0.39 is 32.5 Å². The number of hydrogen-bond donors (Lipinski definition) is 2. The number of ether oxygens (including phenoxy) is 2. The lowest BCUT2D eigenvalue weighted by molar-refractivity contribution is -0.161. The SMILES string of the molecule is C=CCCCC.CCCCCCCCCCCCCCCC(=O)OC[C@@H](COP(=O)(O)O)OC(=O)CCCCCC. The number of phosphoric ester groups is 1. The van der Waals surface area contributed by atoms with Gasteiger partial charge in [-0.1, -0.05) is 136 Å². The zero-order valence-corrected chi connectivity index (χ0v) is 27.5. The van der Waals surface area contributed by atoms with Gasteiger partial charge in [-0.15, -0.1) is 6.58 Å². The molecule has 0 amide bonds. The summed E-state index contributed by atoms with van der Waals surface area (Å²) in [6.45, 7) is 9.28. The van der Waals surface area contributed by atoms with Crippen molar-refractivity contribution in [1.29, 1.82) is 0 Å². The van der Waals surface area contributed by atoms with Crippen LogP contribution in [0.4, 0.5) is 0 Å². The summed E-state index contributed by atoms with van der Waals surface area (Å²) in [5.74, 6) is -0.902. The normalized spacial score (nSPS) is 11.8. The summed E-state index contributed by atoms with van der Waals surface area (Å²) in [4.78, 5) is 41.8. The lowest BCUT2D eigenvalue weighted by Crippen LogP contribution is -2.29. The van der Waals surface area contributed by atoms with Crippen molar-refractivity contribution in [2.24, 2.45) is 0 Å². The lowest BCUT2D eigenvalue weighted by atomic mass is 10.0. The third-order valence-electron chi connectivity index (χ3n) is 6.64. The molecule has 9 heteroatoms. The maximum Gasteiger partial charge on any atom is 0.469 e. The first kappa shape index (κ1) is 41.9. The predicted octanol–water partition coefficient (Wildman–Crippen LogP) is 9.37. The highest BCUT2D eigenvalue weighted by molar-refractivity contribution is 7.46. The molecule has 41 heavy (non-hydrogen) atoms. The van der Waals surface area contributed by atoms with Crippen LogP contribution in [0.3, 0.4) is 0 Å². The van der Waals surface area contributed by atoms with Crippen LogP contribution in [0.1, 0.15) is 162 Å². The minimum absolute atomic E-state index is 0.208. The van der Waals surface area contributed by atoms with Crippen LogP contribution in [0.15, 0.2) is 12.7 Å². The Hall–Kier alpha value is -1.21. The first-order chi connectivity index (χ1) is 19.7. The minimum Gasteiger partial charge on any atom is -0.462 e. The molecule has 0 aliphatic rings. The Morgan fingerprint density at radius 2 is 1.07 bits per heavy atom. The summed E-state index contributed by atoms with van der Waals surface area (Å²) < 4.78 is 25.8. The molecule has 0 rings (SSSR count). The molecule has 2 N–H and O–H groups in total. The Morgan fingerprint density at radius 3 is 1.49 bits per heavy atom. The van der Waals surface area contributed by atoms with Gasteiger partial charge in [-0.25, -0.2) is 4.57 Å². The van der Waals surface area contributed by atoms with Crippen LogP contribution in [0.25, 0.3) is 0 Å². The van der Waals surface area contributed by atoms with Crippen molar-refractivity contribution in [3.05, 3.63) is 12.7 Å². The molecule has 0 spiro atoms. The summed E-state index contributed by atoms with van der Waals surface area (Å²) in [5, 5.41) is 0. The van der Waals surface area contributed by atoms with Gasteiger partial charge in [-0.05, 0) is 19.3 Å². The molecule has 0 aromatic carbocycles. The van der Waals surface area contributed by atoms with E-state index in [2.05, 4.69) is 31.9 Å². The number of carbonyl (C=O) groups excluding carboxylic acids is 2. The van der Waals surface area contributed by atoms with Gasteiger partial charge in [0, 0.05) is 12.8 Å². The van der Waals surface area contributed by atoms with Gasteiger partial charge in [0.25, 0.3) is 0 Å². The first-order valence-electron chi connectivity index (χ1n) is 16.4. The third kappa shape index (κ3) is 36.8. The van der Waals surface area contributed by atoms with Gasteiger partial charge in [0.1, 0.15) is 6.61 Å². The van der Waals surface area contributed by atoms with Crippen molar-refractivity contribution < 1.29 is 37.9 Å². The van der Waals surface area contributed by atoms with E-state index in [0.29, 0.717) is 6.42 Å². The molecule has 8 nitrogen and oxygen atoms in total. The van der Waals surface area contributed by atoms with Crippen molar-refractivity contribution >= 4 is 19.8 Å². The molecule has 0 aromatic rings. The molecule has 0 saturated carbocycles. The van der Waals surface area contributed by atoms with Crippen LogP contribution < -0.4 is 0 Å². The number of hydrogen-bond acceptors (Lipinski definition) is 6. The van der Waals surface area contributed by atoms with Gasteiger partial charge in [0.15, 0.2) is 6.10 Å². The number of allylic oxidation sites excluding steroid dienone is 1. The van der Waals surface area contributed by atoms with Crippen LogP contribution in [0.2, 0.25) is 0 Å². The fraction of sp³-hybridized carbons (Fsp3) is 0.875. The monoisotopic (exact) mass is 606 g/mol. The summed E-state index contributed by atoms with van der Waals surface area (Å²) >= 11 is 0. The summed E-state index contributed by atoms with van der Waals surface area (Å²) in [6, 6.07) is 0. The van der Waals surface area contributed by atoms with Crippen LogP contribution >= 0.6 is 7.82 Å². The number of rotatable bonds is 28. The maximum atomic E-state index is 12.0. The molecule has 0 saturated heterocycles. The van der Waals surface area contributed by atoms with E-state index in [0.717, 1.165) is 38.5 Å². The zero-order chi connectivity index (χ0) is 31.0. The molecule has 0 aliphatic heterocycles. The van der Waals surface area contributed by atoms with Crippen LogP contribution in [0, 0.1) is 0 Å². The Labute approximate surface area is 251 Å². The van der Waals surface area contributed by atoms with Crippen molar-refractivity contribution in [3.8, 4) is 0 Å². The Balaban J connectivity index is 0.